The first kappa shape index (κ1) is 16.9. The van der Waals surface area contributed by atoms with Crippen molar-refractivity contribution >= 4 is 38.5 Å². The van der Waals surface area contributed by atoms with Gasteiger partial charge in [0, 0.05) is 21.5 Å². The third-order valence-electron chi connectivity index (χ3n) is 4.56. The molecule has 0 aliphatic heterocycles. The van der Waals surface area contributed by atoms with Crippen molar-refractivity contribution in [1.82, 2.24) is 10.4 Å². The van der Waals surface area contributed by atoms with Crippen LogP contribution in [-0.4, -0.2) is 16.6 Å². The number of fused-ring (bicyclic) bond motifs is 1. The number of halogens is 1. The largest absolute Gasteiger partial charge is 0.272 e. The summed E-state index contributed by atoms with van der Waals surface area (Å²) in [5.74, 6) is 0.279. The second-order valence-electron chi connectivity index (χ2n) is 6.53. The lowest BCUT2D eigenvalue weighted by Crippen LogP contribution is -2.20. The molecule has 1 aliphatic rings. The Morgan fingerprint density at radius 1 is 1.15 bits per heavy atom. The lowest BCUT2D eigenvalue weighted by molar-refractivity contribution is 0.0956. The van der Waals surface area contributed by atoms with Crippen molar-refractivity contribution in [2.45, 2.75) is 25.7 Å². The van der Waals surface area contributed by atoms with Crippen molar-refractivity contribution in [2.24, 2.45) is 5.10 Å². The van der Waals surface area contributed by atoms with Crippen LogP contribution < -0.4 is 5.43 Å². The number of hydrazone groups is 1. The summed E-state index contributed by atoms with van der Waals surface area (Å²) in [7, 11) is 0. The van der Waals surface area contributed by atoms with Crippen LogP contribution in [0.3, 0.4) is 0 Å². The lowest BCUT2D eigenvalue weighted by Gasteiger charge is -2.09. The van der Waals surface area contributed by atoms with Crippen molar-refractivity contribution in [2.75, 3.05) is 0 Å². The maximum Gasteiger partial charge on any atom is 0.272 e. The van der Waals surface area contributed by atoms with E-state index >= 15 is 0 Å². The molecule has 2 aromatic carbocycles. The van der Waals surface area contributed by atoms with Gasteiger partial charge in [-0.25, -0.2) is 5.43 Å². The van der Waals surface area contributed by atoms with E-state index < -0.39 is 0 Å². The first-order valence-electron chi connectivity index (χ1n) is 8.62. The molecule has 26 heavy (non-hydrogen) atoms. The molecule has 4 rings (SSSR count). The molecule has 1 saturated carbocycles. The Bertz CT molecular complexity index is 1010. The predicted molar refractivity (Wildman–Crippen MR) is 108 cm³/mol. The molecule has 1 N–H and O–H groups in total. The molecule has 1 heterocycles. The smallest absolute Gasteiger partial charge is 0.267 e. The fraction of sp³-hybridized carbons (Fsp3) is 0.190. The summed E-state index contributed by atoms with van der Waals surface area (Å²) in [6, 6.07) is 17.5. The molecular formula is C21H18BrN3O. The Balaban J connectivity index is 1.63. The average molecular weight is 408 g/mol. The molecule has 0 atom stereocenters. The van der Waals surface area contributed by atoms with Gasteiger partial charge in [-0.05, 0) is 49.6 Å². The number of carbonyl (C=O) groups excluding carboxylic acids is 1. The molecule has 0 bridgehead atoms. The first-order chi connectivity index (χ1) is 12.6. The zero-order valence-electron chi connectivity index (χ0n) is 14.4. The van der Waals surface area contributed by atoms with Gasteiger partial charge < -0.3 is 0 Å². The van der Waals surface area contributed by atoms with Gasteiger partial charge in [-0.15, -0.1) is 0 Å². The Morgan fingerprint density at radius 2 is 1.88 bits per heavy atom. The molecule has 0 radical (unpaired) electrons. The molecule has 4 nitrogen and oxygen atoms in total. The van der Waals surface area contributed by atoms with Gasteiger partial charge in [0.25, 0.3) is 5.91 Å². The minimum atomic E-state index is -0.207. The van der Waals surface area contributed by atoms with Crippen LogP contribution in [0.1, 0.15) is 47.3 Å². The third kappa shape index (κ3) is 3.53. The van der Waals surface area contributed by atoms with E-state index in [0.29, 0.717) is 11.5 Å². The van der Waals surface area contributed by atoms with Crippen molar-refractivity contribution in [3.63, 3.8) is 0 Å². The van der Waals surface area contributed by atoms with Crippen molar-refractivity contribution in [3.8, 4) is 0 Å². The van der Waals surface area contributed by atoms with E-state index in [1.807, 2.05) is 61.5 Å². The predicted octanol–water partition coefficient (Wildman–Crippen LogP) is 5.03. The van der Waals surface area contributed by atoms with E-state index in [-0.39, 0.29) is 5.91 Å². The van der Waals surface area contributed by atoms with Crippen molar-refractivity contribution in [3.05, 3.63) is 75.9 Å². The summed E-state index contributed by atoms with van der Waals surface area (Å²) in [6.45, 7) is 1.88. The SMILES string of the molecule is C/C(=N\NC(=O)c1cc(C2CC2)nc2ccccc12)c1ccc(Br)cc1. The zero-order chi connectivity index (χ0) is 18.1. The number of nitrogens with one attached hydrogen (secondary N) is 1. The lowest BCUT2D eigenvalue weighted by atomic mass is 10.1. The van der Waals surface area contributed by atoms with Crippen LogP contribution in [0.5, 0.6) is 0 Å². The summed E-state index contributed by atoms with van der Waals surface area (Å²) in [6.07, 6.45) is 2.29. The molecule has 5 heteroatoms. The standard InChI is InChI=1S/C21H18BrN3O/c1-13(14-8-10-16(22)11-9-14)24-25-21(26)18-12-20(15-6-7-15)23-19-5-3-2-4-17(18)19/h2-5,8-12,15H,6-7H2,1H3,(H,25,26)/b24-13+. The van der Waals surface area contributed by atoms with E-state index in [2.05, 4.69) is 26.5 Å². The Hall–Kier alpha value is -2.53. The molecule has 1 aromatic heterocycles. The molecule has 1 aliphatic carbocycles. The maximum absolute atomic E-state index is 12.8. The highest BCUT2D eigenvalue weighted by molar-refractivity contribution is 9.10. The van der Waals surface area contributed by atoms with Crippen molar-refractivity contribution in [1.29, 1.82) is 0 Å². The molecule has 130 valence electrons. The first-order valence-corrected chi connectivity index (χ1v) is 9.41. The quantitative estimate of drug-likeness (QED) is 0.486. The number of pyridine rings is 1. The molecular weight excluding hydrogens is 390 g/mol. The van der Waals surface area contributed by atoms with Gasteiger partial charge in [0.1, 0.15) is 0 Å². The second-order valence-corrected chi connectivity index (χ2v) is 7.45. The van der Waals surface area contributed by atoms with Crippen molar-refractivity contribution < 1.29 is 4.79 Å². The number of hydrogen-bond acceptors (Lipinski definition) is 3. The maximum atomic E-state index is 12.8. The zero-order valence-corrected chi connectivity index (χ0v) is 16.0. The summed E-state index contributed by atoms with van der Waals surface area (Å²) in [4.78, 5) is 17.5. The normalized spacial score (nSPS) is 14.5. The van der Waals surface area contributed by atoms with Crippen LogP contribution in [0.2, 0.25) is 0 Å². The summed E-state index contributed by atoms with van der Waals surface area (Å²) in [5, 5.41) is 5.13. The fourth-order valence-corrected chi connectivity index (χ4v) is 3.19. The number of carbonyl (C=O) groups is 1. The Kier molecular flexibility index (Phi) is 4.55. The summed E-state index contributed by atoms with van der Waals surface area (Å²) >= 11 is 3.42. The van der Waals surface area contributed by atoms with Crippen LogP contribution in [0.25, 0.3) is 10.9 Å². The van der Waals surface area contributed by atoms with Crippen LogP contribution in [0.4, 0.5) is 0 Å². The number of aromatic nitrogens is 1. The van der Waals surface area contributed by atoms with Crippen LogP contribution in [0.15, 0.2) is 64.2 Å². The Morgan fingerprint density at radius 3 is 2.62 bits per heavy atom. The number of hydrogen-bond donors (Lipinski definition) is 1. The van der Waals surface area contributed by atoms with E-state index in [1.165, 1.54) is 0 Å². The number of benzene rings is 2. The van der Waals surface area contributed by atoms with Gasteiger partial charge >= 0.3 is 0 Å². The number of nitrogens with zero attached hydrogens (tertiary/aromatic N) is 2. The number of para-hydroxylation sites is 1. The van der Waals surface area contributed by atoms with E-state index in [1.54, 1.807) is 0 Å². The van der Waals surface area contributed by atoms with E-state index in [0.717, 1.165) is 45.2 Å². The van der Waals surface area contributed by atoms with Gasteiger partial charge in [-0.3, -0.25) is 9.78 Å². The van der Waals surface area contributed by atoms with Gasteiger partial charge in [-0.1, -0.05) is 46.3 Å². The van der Waals surface area contributed by atoms with Gasteiger partial charge in [0.15, 0.2) is 0 Å². The second kappa shape index (κ2) is 7.00. The van der Waals surface area contributed by atoms with Gasteiger partial charge in [-0.2, -0.15) is 5.10 Å². The highest BCUT2D eigenvalue weighted by Gasteiger charge is 2.26. The van der Waals surface area contributed by atoms with Crippen LogP contribution >= 0.6 is 15.9 Å². The van der Waals surface area contributed by atoms with Crippen LogP contribution in [0, 0.1) is 0 Å². The van der Waals surface area contributed by atoms with E-state index in [4.69, 9.17) is 4.98 Å². The molecule has 1 amide bonds. The third-order valence-corrected chi connectivity index (χ3v) is 5.09. The van der Waals surface area contributed by atoms with E-state index in [9.17, 15) is 4.79 Å². The van der Waals surface area contributed by atoms with Gasteiger partial charge in [0.2, 0.25) is 0 Å². The number of rotatable bonds is 4. The highest BCUT2D eigenvalue weighted by atomic mass is 79.9. The highest BCUT2D eigenvalue weighted by Crippen LogP contribution is 2.40. The molecule has 1 fully saturated rings. The average Bonchev–Trinajstić information content (AvgIpc) is 3.51. The van der Waals surface area contributed by atoms with Gasteiger partial charge in [0.05, 0.1) is 16.8 Å². The Labute approximate surface area is 160 Å². The minimum Gasteiger partial charge on any atom is -0.267 e. The van der Waals surface area contributed by atoms with Crippen LogP contribution in [-0.2, 0) is 0 Å². The summed E-state index contributed by atoms with van der Waals surface area (Å²) < 4.78 is 1.01. The summed E-state index contributed by atoms with van der Waals surface area (Å²) in [5.41, 5.74) is 6.91. The number of amides is 1. The monoisotopic (exact) mass is 407 g/mol. The minimum absolute atomic E-state index is 0.207. The molecule has 0 unspecified atom stereocenters. The molecule has 0 saturated heterocycles. The fourth-order valence-electron chi connectivity index (χ4n) is 2.92. The molecule has 3 aromatic rings. The molecule has 0 spiro atoms. The topological polar surface area (TPSA) is 54.4 Å².